The lowest BCUT2D eigenvalue weighted by molar-refractivity contribution is -0.138. The number of benzene rings is 1. The molecule has 0 bridgehead atoms. The molecule has 2 amide bonds. The van der Waals surface area contributed by atoms with E-state index in [2.05, 4.69) is 9.88 Å². The lowest BCUT2D eigenvalue weighted by Gasteiger charge is -2.35. The molecule has 0 spiro atoms. The second kappa shape index (κ2) is 9.28. The zero-order valence-electron chi connectivity index (χ0n) is 17.6. The molecule has 2 saturated heterocycles. The number of amides is 2. The average molecular weight is 446 g/mol. The number of rotatable bonds is 5. The van der Waals surface area contributed by atoms with Gasteiger partial charge in [-0.3, -0.25) is 19.5 Å². The van der Waals surface area contributed by atoms with Crippen LogP contribution in [-0.2, 0) is 28.9 Å². The van der Waals surface area contributed by atoms with Gasteiger partial charge in [-0.15, -0.1) is 0 Å². The third-order valence-corrected chi connectivity index (χ3v) is 5.99. The number of aromatic nitrogens is 1. The Balaban J connectivity index is 1.30. The van der Waals surface area contributed by atoms with Crippen LogP contribution < -0.4 is 0 Å². The highest BCUT2D eigenvalue weighted by Crippen LogP contribution is 2.30. The summed E-state index contributed by atoms with van der Waals surface area (Å²) in [4.78, 5) is 35.2. The van der Waals surface area contributed by atoms with Gasteiger partial charge in [-0.25, -0.2) is 0 Å². The first kappa shape index (κ1) is 22.3. The molecule has 170 valence electrons. The highest BCUT2D eigenvalue weighted by atomic mass is 19.4. The van der Waals surface area contributed by atoms with Gasteiger partial charge in [0.05, 0.1) is 17.2 Å². The molecule has 1 aromatic heterocycles. The second-order valence-corrected chi connectivity index (χ2v) is 8.30. The number of alkyl halides is 3. The molecular formula is C23H25F3N4O2. The Hall–Kier alpha value is -2.94. The van der Waals surface area contributed by atoms with E-state index in [0.29, 0.717) is 18.7 Å². The first-order valence-corrected chi connectivity index (χ1v) is 10.6. The molecule has 32 heavy (non-hydrogen) atoms. The summed E-state index contributed by atoms with van der Waals surface area (Å²) in [5.41, 5.74) is 0.654. The number of hydrogen-bond acceptors (Lipinski definition) is 4. The van der Waals surface area contributed by atoms with Crippen molar-refractivity contribution >= 4 is 11.8 Å². The third kappa shape index (κ3) is 5.27. The predicted molar refractivity (Wildman–Crippen MR) is 111 cm³/mol. The van der Waals surface area contributed by atoms with Gasteiger partial charge >= 0.3 is 6.18 Å². The van der Waals surface area contributed by atoms with Crippen LogP contribution in [0.5, 0.6) is 0 Å². The molecule has 2 aliphatic heterocycles. The van der Waals surface area contributed by atoms with Crippen LogP contribution in [0.15, 0.2) is 48.7 Å². The lowest BCUT2D eigenvalue weighted by atomic mass is 10.1. The summed E-state index contributed by atoms with van der Waals surface area (Å²) in [6, 6.07) is 10.8. The molecule has 3 heterocycles. The Morgan fingerprint density at radius 2 is 1.81 bits per heavy atom. The van der Waals surface area contributed by atoms with Crippen LogP contribution in [0, 0.1) is 5.92 Å². The number of carbonyl (C=O) groups is 2. The quantitative estimate of drug-likeness (QED) is 0.709. The zero-order chi connectivity index (χ0) is 22.7. The van der Waals surface area contributed by atoms with Crippen molar-refractivity contribution in [3.8, 4) is 0 Å². The highest BCUT2D eigenvalue weighted by Gasteiger charge is 2.37. The molecule has 2 aromatic rings. The first-order valence-electron chi connectivity index (χ1n) is 10.6. The topological polar surface area (TPSA) is 56.8 Å². The minimum atomic E-state index is -4.43. The van der Waals surface area contributed by atoms with E-state index in [4.69, 9.17) is 0 Å². The van der Waals surface area contributed by atoms with E-state index in [0.717, 1.165) is 37.5 Å². The predicted octanol–water partition coefficient (Wildman–Crippen LogP) is 2.79. The molecule has 6 nitrogen and oxygen atoms in total. The second-order valence-electron chi connectivity index (χ2n) is 8.30. The third-order valence-electron chi connectivity index (χ3n) is 5.99. The molecule has 0 saturated carbocycles. The standard InChI is InChI=1S/C23H25F3N4O2/c24-23(25,26)19-5-3-4-17(12-19)14-30-15-18(13-21(30)31)22(32)29-10-8-28(9-11-29)16-20-6-1-2-7-27-20/h1-7,12,18H,8-11,13-16H2. The maximum absolute atomic E-state index is 13.0. The maximum Gasteiger partial charge on any atom is 0.416 e. The van der Waals surface area contributed by atoms with Crippen molar-refractivity contribution in [3.05, 3.63) is 65.5 Å². The summed E-state index contributed by atoms with van der Waals surface area (Å²) in [5.74, 6) is -0.701. The smallest absolute Gasteiger partial charge is 0.340 e. The Morgan fingerprint density at radius 3 is 2.50 bits per heavy atom. The summed E-state index contributed by atoms with van der Waals surface area (Å²) in [6.07, 6.45) is -2.56. The molecular weight excluding hydrogens is 421 g/mol. The van der Waals surface area contributed by atoms with Gasteiger partial charge in [0, 0.05) is 58.4 Å². The molecule has 2 aliphatic rings. The minimum absolute atomic E-state index is 0.0534. The SMILES string of the molecule is O=C1CC(C(=O)N2CCN(Cc3ccccn3)CC2)CN1Cc1cccc(C(F)(F)F)c1. The fourth-order valence-electron chi connectivity index (χ4n) is 4.26. The molecule has 0 N–H and O–H groups in total. The van der Waals surface area contributed by atoms with Gasteiger partial charge in [-0.2, -0.15) is 13.2 Å². The van der Waals surface area contributed by atoms with Crippen LogP contribution in [0.25, 0.3) is 0 Å². The number of piperazine rings is 1. The Morgan fingerprint density at radius 1 is 1.03 bits per heavy atom. The highest BCUT2D eigenvalue weighted by molar-refractivity contribution is 5.89. The summed E-state index contributed by atoms with van der Waals surface area (Å²) in [6.45, 7) is 3.68. The average Bonchev–Trinajstić information content (AvgIpc) is 3.14. The van der Waals surface area contributed by atoms with Crippen LogP contribution in [-0.4, -0.2) is 64.2 Å². The maximum atomic E-state index is 13.0. The fraction of sp³-hybridized carbons (Fsp3) is 0.435. The summed E-state index contributed by atoms with van der Waals surface area (Å²) >= 11 is 0. The Bertz CT molecular complexity index is 959. The number of nitrogens with zero attached hydrogens (tertiary/aromatic N) is 4. The van der Waals surface area contributed by atoms with Crippen molar-refractivity contribution in [3.63, 3.8) is 0 Å². The van der Waals surface area contributed by atoms with E-state index < -0.39 is 17.7 Å². The van der Waals surface area contributed by atoms with Crippen molar-refractivity contribution in [2.75, 3.05) is 32.7 Å². The Labute approximate surface area is 184 Å². The number of pyridine rings is 1. The van der Waals surface area contributed by atoms with Gasteiger partial charge in [0.1, 0.15) is 0 Å². The van der Waals surface area contributed by atoms with Crippen LogP contribution in [0.2, 0.25) is 0 Å². The zero-order valence-corrected chi connectivity index (χ0v) is 17.6. The van der Waals surface area contributed by atoms with Crippen LogP contribution in [0.3, 0.4) is 0 Å². The van der Waals surface area contributed by atoms with Crippen molar-refractivity contribution in [2.45, 2.75) is 25.7 Å². The summed E-state index contributed by atoms with van der Waals surface area (Å²) < 4.78 is 38.8. The number of likely N-dealkylation sites (tertiary alicyclic amines) is 1. The number of carbonyl (C=O) groups excluding carboxylic acids is 2. The molecule has 0 radical (unpaired) electrons. The molecule has 1 aromatic carbocycles. The van der Waals surface area contributed by atoms with Crippen LogP contribution in [0.4, 0.5) is 13.2 Å². The van der Waals surface area contributed by atoms with Gasteiger partial charge in [0.15, 0.2) is 0 Å². The van der Waals surface area contributed by atoms with Crippen molar-refractivity contribution in [1.29, 1.82) is 0 Å². The lowest BCUT2D eigenvalue weighted by Crippen LogP contribution is -2.50. The fourth-order valence-corrected chi connectivity index (χ4v) is 4.26. The normalized spacial score (nSPS) is 20.1. The van der Waals surface area contributed by atoms with E-state index in [9.17, 15) is 22.8 Å². The van der Waals surface area contributed by atoms with E-state index in [1.807, 2.05) is 18.2 Å². The summed E-state index contributed by atoms with van der Waals surface area (Å²) in [7, 11) is 0. The van der Waals surface area contributed by atoms with Gasteiger partial charge in [-0.1, -0.05) is 18.2 Å². The van der Waals surface area contributed by atoms with E-state index in [-0.39, 0.29) is 31.3 Å². The van der Waals surface area contributed by atoms with Crippen molar-refractivity contribution < 1.29 is 22.8 Å². The summed E-state index contributed by atoms with van der Waals surface area (Å²) in [5, 5.41) is 0. The van der Waals surface area contributed by atoms with E-state index in [1.165, 1.54) is 11.0 Å². The molecule has 1 unspecified atom stereocenters. The molecule has 1 atom stereocenters. The van der Waals surface area contributed by atoms with Crippen molar-refractivity contribution in [2.24, 2.45) is 5.92 Å². The molecule has 4 rings (SSSR count). The van der Waals surface area contributed by atoms with E-state index in [1.54, 1.807) is 17.2 Å². The van der Waals surface area contributed by atoms with Crippen LogP contribution >= 0.6 is 0 Å². The number of hydrogen-bond donors (Lipinski definition) is 0. The first-order chi connectivity index (χ1) is 15.3. The largest absolute Gasteiger partial charge is 0.416 e. The molecule has 2 fully saturated rings. The molecule has 9 heteroatoms. The Kier molecular flexibility index (Phi) is 6.45. The monoisotopic (exact) mass is 446 g/mol. The van der Waals surface area contributed by atoms with Gasteiger partial charge in [0.25, 0.3) is 0 Å². The number of halogens is 3. The van der Waals surface area contributed by atoms with Gasteiger partial charge in [0.2, 0.25) is 11.8 Å². The molecule has 0 aliphatic carbocycles. The minimum Gasteiger partial charge on any atom is -0.340 e. The van der Waals surface area contributed by atoms with E-state index >= 15 is 0 Å². The van der Waals surface area contributed by atoms with Crippen LogP contribution in [0.1, 0.15) is 23.2 Å². The van der Waals surface area contributed by atoms with Crippen molar-refractivity contribution in [1.82, 2.24) is 19.7 Å². The van der Waals surface area contributed by atoms with Gasteiger partial charge < -0.3 is 9.80 Å². The van der Waals surface area contributed by atoms with Gasteiger partial charge in [-0.05, 0) is 29.8 Å².